The van der Waals surface area contributed by atoms with Crippen molar-refractivity contribution < 1.29 is 0 Å². The molecule has 0 aliphatic carbocycles. The Labute approximate surface area is 298 Å². The van der Waals surface area contributed by atoms with Crippen molar-refractivity contribution in [2.24, 2.45) is 0 Å². The number of rotatable bonds is 8. The maximum atomic E-state index is 3.95. The zero-order valence-corrected chi connectivity index (χ0v) is 35.0. The first-order valence-electron chi connectivity index (χ1n) is 17.8. The average molecular weight is 675 g/mol. The van der Waals surface area contributed by atoms with Crippen LogP contribution in [-0.2, 0) is 0 Å². The summed E-state index contributed by atoms with van der Waals surface area (Å²) in [5.41, 5.74) is 16.6. The maximum Gasteiger partial charge on any atom is 0.146 e. The number of hydrogen-bond acceptors (Lipinski definition) is 2. The molecule has 0 bridgehead atoms. The molecule has 0 heterocycles. The molecule has 0 atom stereocenters. The van der Waals surface area contributed by atoms with Crippen molar-refractivity contribution in [2.45, 2.75) is 116 Å². The topological polar surface area (TPSA) is 6.48 Å². The summed E-state index contributed by atoms with van der Waals surface area (Å²) in [6.45, 7) is 28.3. The Balaban J connectivity index is 3.09. The predicted molar refractivity (Wildman–Crippen MR) is 220 cm³/mol. The van der Waals surface area contributed by atoms with E-state index in [9.17, 15) is 0 Å². The van der Waals surface area contributed by atoms with Gasteiger partial charge in [0.15, 0.2) is 0 Å². The third-order valence-electron chi connectivity index (χ3n) is 10.2. The molecule has 0 N–H and O–H groups in total. The smallest absolute Gasteiger partial charge is 0.146 e. The summed E-state index contributed by atoms with van der Waals surface area (Å²) in [5, 5.41) is 0. The van der Waals surface area contributed by atoms with Crippen molar-refractivity contribution >= 4 is 27.5 Å². The lowest BCUT2D eigenvalue weighted by Crippen LogP contribution is -2.43. The van der Waals surface area contributed by atoms with Crippen LogP contribution in [0.4, 0.5) is 11.4 Å². The molecule has 2 nitrogen and oxygen atoms in total. The Morgan fingerprint density at radius 1 is 0.417 bits per heavy atom. The van der Waals surface area contributed by atoms with Crippen LogP contribution in [0.5, 0.6) is 0 Å². The van der Waals surface area contributed by atoms with Gasteiger partial charge in [0.05, 0.1) is 11.1 Å². The number of allylic oxidation sites excluding steroid dienone is 2. The summed E-state index contributed by atoms with van der Waals surface area (Å²) in [6.07, 6.45) is 0. The lowest BCUT2D eigenvalue weighted by atomic mass is 10.1. The van der Waals surface area contributed by atoms with Gasteiger partial charge in [-0.15, -0.1) is 11.1 Å². The average Bonchev–Trinajstić information content (AvgIpc) is 3.00. The highest BCUT2D eigenvalue weighted by atomic mass is 28.3. The van der Waals surface area contributed by atoms with Crippen LogP contribution in [0.25, 0.3) is 0 Å². The first-order valence-corrected chi connectivity index (χ1v) is 22.3. The van der Waals surface area contributed by atoms with Crippen LogP contribution in [0.3, 0.4) is 0 Å². The quantitative estimate of drug-likeness (QED) is 0.203. The molecule has 0 unspecified atom stereocenters. The van der Waals surface area contributed by atoms with E-state index in [-0.39, 0.29) is 0 Å². The second-order valence-corrected chi connectivity index (χ2v) is 26.6. The van der Waals surface area contributed by atoms with E-state index in [4.69, 9.17) is 0 Å². The van der Waals surface area contributed by atoms with Crippen LogP contribution in [-0.4, -0.2) is 44.3 Å². The predicted octanol–water partition coefficient (Wildman–Crippen LogP) is 11.0. The third kappa shape index (κ3) is 9.76. The van der Waals surface area contributed by atoms with Gasteiger partial charge >= 0.3 is 0 Å². The van der Waals surface area contributed by atoms with Gasteiger partial charge in [0, 0.05) is 50.7 Å². The van der Waals surface area contributed by atoms with Gasteiger partial charge in [-0.25, -0.2) is 0 Å². The molecule has 48 heavy (non-hydrogen) atoms. The summed E-state index contributed by atoms with van der Waals surface area (Å²) in [6, 6.07) is 16.8. The zero-order chi connectivity index (χ0) is 36.4. The van der Waals surface area contributed by atoms with Crippen molar-refractivity contribution in [1.29, 1.82) is 0 Å². The van der Waals surface area contributed by atoms with Gasteiger partial charge in [0.25, 0.3) is 0 Å². The summed E-state index contributed by atoms with van der Waals surface area (Å²) >= 11 is 0. The van der Waals surface area contributed by atoms with Crippen molar-refractivity contribution in [3.05, 3.63) is 70.8 Å². The number of hydrogen-bond donors (Lipinski definition) is 0. The monoisotopic (exact) mass is 674 g/mol. The number of nitrogens with zero attached hydrogens (tertiary/aromatic N) is 2. The molecule has 2 aromatic rings. The molecule has 0 saturated heterocycles. The Morgan fingerprint density at radius 3 is 0.875 bits per heavy atom. The first-order chi connectivity index (χ1) is 22.4. The minimum absolute atomic E-state index is 0.511. The largest absolute Gasteiger partial charge is 0.378 e. The number of benzene rings is 2. The van der Waals surface area contributed by atoms with E-state index < -0.39 is 16.1 Å². The zero-order valence-electron chi connectivity index (χ0n) is 33.0. The molecule has 2 aromatic carbocycles. The molecule has 0 fully saturated rings. The molecule has 0 radical (unpaired) electrons. The highest BCUT2D eigenvalue weighted by molar-refractivity contribution is 6.91. The van der Waals surface area contributed by atoms with E-state index in [0.717, 1.165) is 33.6 Å². The summed E-state index contributed by atoms with van der Waals surface area (Å²) in [5.74, 6) is 21.4. The van der Waals surface area contributed by atoms with Crippen LogP contribution >= 0.6 is 0 Å². The van der Waals surface area contributed by atoms with Gasteiger partial charge in [-0.1, -0.05) is 119 Å². The Morgan fingerprint density at radius 2 is 0.667 bits per heavy atom. The normalized spacial score (nSPS) is 12.1. The molecular formula is C44H62N2Si2. The van der Waals surface area contributed by atoms with E-state index in [0.29, 0.717) is 33.2 Å². The van der Waals surface area contributed by atoms with Crippen LogP contribution in [0, 0.1) is 46.6 Å². The van der Waals surface area contributed by atoms with Gasteiger partial charge in [-0.2, -0.15) is 0 Å². The molecule has 0 amide bonds. The van der Waals surface area contributed by atoms with Crippen molar-refractivity contribution in [2.75, 3.05) is 38.0 Å². The number of anilines is 2. The van der Waals surface area contributed by atoms with E-state index >= 15 is 0 Å². The second kappa shape index (κ2) is 17.7. The second-order valence-electron chi connectivity index (χ2n) is 15.4. The van der Waals surface area contributed by atoms with Gasteiger partial charge in [-0.05, 0) is 81.8 Å². The Hall–Kier alpha value is -3.55. The van der Waals surface area contributed by atoms with Crippen molar-refractivity contribution in [3.63, 3.8) is 0 Å². The Bertz CT molecular complexity index is 1470. The van der Waals surface area contributed by atoms with Gasteiger partial charge < -0.3 is 9.80 Å². The minimum atomic E-state index is -2.04. The van der Waals surface area contributed by atoms with Crippen molar-refractivity contribution in [3.8, 4) is 46.6 Å². The van der Waals surface area contributed by atoms with Gasteiger partial charge in [0.1, 0.15) is 16.1 Å². The molecule has 0 aromatic heterocycles. The molecule has 2 rings (SSSR count). The third-order valence-corrected chi connectivity index (χ3v) is 22.8. The molecule has 0 aliphatic rings. The molecule has 0 spiro atoms. The molecule has 0 saturated carbocycles. The van der Waals surface area contributed by atoms with E-state index in [1.165, 1.54) is 0 Å². The van der Waals surface area contributed by atoms with Gasteiger partial charge in [-0.3, -0.25) is 0 Å². The minimum Gasteiger partial charge on any atom is -0.378 e. The van der Waals surface area contributed by atoms with E-state index in [2.05, 4.69) is 216 Å². The molecule has 256 valence electrons. The standard InChI is InChI=1S/C44H62N2Si2/c1-33(2)47(34(3)4,35(5)6)31-29-41(23-17-39-19-25-43(26-20-39)45(13)14)42(24-18-40-21-27-44(28-22-40)46(15)16)30-32-48(36(7)8,37(9)10)38(11)12/h19-22,25-28,33-38H,1-16H3/b42-41+. The molecular weight excluding hydrogens is 613 g/mol. The fraction of sp³-hybridized carbons (Fsp3) is 0.500. The maximum absolute atomic E-state index is 3.95. The van der Waals surface area contributed by atoms with Crippen LogP contribution < -0.4 is 9.80 Å². The van der Waals surface area contributed by atoms with Crippen LogP contribution in [0.15, 0.2) is 59.7 Å². The van der Waals surface area contributed by atoms with E-state index in [1.54, 1.807) is 0 Å². The van der Waals surface area contributed by atoms with Crippen LogP contribution in [0.2, 0.25) is 33.2 Å². The lowest BCUT2D eigenvalue weighted by Gasteiger charge is -2.38. The van der Waals surface area contributed by atoms with Crippen LogP contribution in [0.1, 0.15) is 94.2 Å². The fourth-order valence-electron chi connectivity index (χ4n) is 7.48. The Kier molecular flexibility index (Phi) is 15.0. The highest BCUT2D eigenvalue weighted by Crippen LogP contribution is 2.42. The van der Waals surface area contributed by atoms with E-state index in [1.807, 2.05) is 0 Å². The summed E-state index contributed by atoms with van der Waals surface area (Å²) in [4.78, 5) is 4.20. The lowest BCUT2D eigenvalue weighted by molar-refractivity contribution is 0.838. The SMILES string of the molecule is CC(C)[Si](C#C/C(C#Cc1ccc(N(C)C)cc1)=C(\C#Cc1ccc(N(C)C)cc1)C#C[Si](C(C)C)(C(C)C)C(C)C)(C(C)C)C(C)C. The highest BCUT2D eigenvalue weighted by Gasteiger charge is 2.42. The summed E-state index contributed by atoms with van der Waals surface area (Å²) < 4.78 is 0. The van der Waals surface area contributed by atoms with Crippen molar-refractivity contribution in [1.82, 2.24) is 0 Å². The van der Waals surface area contributed by atoms with Gasteiger partial charge in [0.2, 0.25) is 0 Å². The summed E-state index contributed by atoms with van der Waals surface area (Å²) in [7, 11) is 4.13. The molecule has 0 aliphatic heterocycles. The fourth-order valence-corrected chi connectivity index (χ4v) is 17.9. The molecule has 4 heteroatoms. The first kappa shape index (κ1) is 40.6.